The van der Waals surface area contributed by atoms with Gasteiger partial charge in [0.2, 0.25) is 11.7 Å². The number of amides is 1. The molecule has 0 spiro atoms. The van der Waals surface area contributed by atoms with Gasteiger partial charge in [0, 0.05) is 42.6 Å². The molecule has 0 bridgehead atoms. The Morgan fingerprint density at radius 3 is 2.38 bits per heavy atom. The summed E-state index contributed by atoms with van der Waals surface area (Å²) in [6, 6.07) is 11.0. The highest BCUT2D eigenvalue weighted by Crippen LogP contribution is 2.27. The number of aryl methyl sites for hydroxylation is 3. The molecule has 0 saturated heterocycles. The number of benzene rings is 2. The minimum Gasteiger partial charge on any atom is -0.497 e. The van der Waals surface area contributed by atoms with E-state index in [-0.39, 0.29) is 5.91 Å². The summed E-state index contributed by atoms with van der Waals surface area (Å²) >= 11 is 0. The van der Waals surface area contributed by atoms with Gasteiger partial charge in [-0.05, 0) is 25.5 Å². The van der Waals surface area contributed by atoms with Gasteiger partial charge in [-0.3, -0.25) is 4.79 Å². The molecule has 0 aliphatic rings. The van der Waals surface area contributed by atoms with Crippen LogP contribution < -0.4 is 14.8 Å². The van der Waals surface area contributed by atoms with Gasteiger partial charge in [0.25, 0.3) is 5.91 Å². The van der Waals surface area contributed by atoms with Crippen LogP contribution in [0.2, 0.25) is 0 Å². The van der Waals surface area contributed by atoms with Crippen molar-refractivity contribution in [2.75, 3.05) is 19.5 Å². The molecule has 4 aromatic rings. The highest BCUT2D eigenvalue weighted by Gasteiger charge is 2.17. The smallest absolute Gasteiger partial charge is 0.259 e. The molecule has 0 atom stereocenters. The Morgan fingerprint density at radius 1 is 1.03 bits per heavy atom. The molecule has 1 N–H and O–H groups in total. The maximum Gasteiger partial charge on any atom is 0.259 e. The van der Waals surface area contributed by atoms with Crippen LogP contribution in [0.25, 0.3) is 17.1 Å². The first-order chi connectivity index (χ1) is 15.4. The van der Waals surface area contributed by atoms with Crippen LogP contribution in [0, 0.1) is 20.8 Å². The molecule has 4 rings (SSSR count). The number of carbonyl (C=O) groups excluding carboxylic acids is 1. The fourth-order valence-electron chi connectivity index (χ4n) is 3.30. The molecule has 9 nitrogen and oxygen atoms in total. The standard InChI is InChI=1S/C23H23N5O4/c1-13-6-7-16(22-24-15(3)32-27-22)8-21(13)28-12-20(14(2)26-28)23(29)25-17-9-18(30-4)11-19(10-17)31-5/h6-12H,1-5H3,(H,25,29). The highest BCUT2D eigenvalue weighted by atomic mass is 16.5. The van der Waals surface area contributed by atoms with Crippen molar-refractivity contribution in [3.05, 3.63) is 65.3 Å². The number of nitrogens with one attached hydrogen (secondary N) is 1. The first-order valence-corrected chi connectivity index (χ1v) is 9.90. The fraction of sp³-hybridized carbons (Fsp3) is 0.217. The Hall–Kier alpha value is -4.14. The van der Waals surface area contributed by atoms with E-state index in [2.05, 4.69) is 20.6 Å². The van der Waals surface area contributed by atoms with Gasteiger partial charge in [-0.25, -0.2) is 4.68 Å². The van der Waals surface area contributed by atoms with E-state index in [0.29, 0.717) is 40.2 Å². The largest absolute Gasteiger partial charge is 0.497 e. The number of nitrogens with zero attached hydrogens (tertiary/aromatic N) is 4. The number of aromatic nitrogens is 4. The molecule has 1 amide bonds. The Kier molecular flexibility index (Phi) is 5.63. The first-order valence-electron chi connectivity index (χ1n) is 9.90. The van der Waals surface area contributed by atoms with Crippen molar-refractivity contribution in [1.29, 1.82) is 0 Å². The van der Waals surface area contributed by atoms with Gasteiger partial charge in [0.05, 0.1) is 31.2 Å². The molecule has 0 aliphatic carbocycles. The number of anilines is 1. The summed E-state index contributed by atoms with van der Waals surface area (Å²) < 4.78 is 17.3. The Balaban J connectivity index is 1.64. The molecular formula is C23H23N5O4. The molecule has 0 radical (unpaired) electrons. The van der Waals surface area contributed by atoms with Crippen LogP contribution in [0.3, 0.4) is 0 Å². The molecule has 0 fully saturated rings. The molecule has 2 aromatic heterocycles. The lowest BCUT2D eigenvalue weighted by Gasteiger charge is -2.09. The lowest BCUT2D eigenvalue weighted by atomic mass is 10.1. The van der Waals surface area contributed by atoms with Crippen LogP contribution in [0.5, 0.6) is 11.5 Å². The summed E-state index contributed by atoms with van der Waals surface area (Å²) in [5, 5.41) is 11.4. The lowest BCUT2D eigenvalue weighted by Crippen LogP contribution is -2.12. The average Bonchev–Trinajstić information content (AvgIpc) is 3.39. The Bertz CT molecular complexity index is 1270. The van der Waals surface area contributed by atoms with E-state index in [1.54, 1.807) is 57.1 Å². The summed E-state index contributed by atoms with van der Waals surface area (Å²) in [4.78, 5) is 17.3. The van der Waals surface area contributed by atoms with E-state index in [9.17, 15) is 4.79 Å². The number of hydrogen-bond donors (Lipinski definition) is 1. The van der Waals surface area contributed by atoms with Gasteiger partial charge < -0.3 is 19.3 Å². The third-order valence-corrected chi connectivity index (χ3v) is 4.99. The predicted molar refractivity (Wildman–Crippen MR) is 119 cm³/mol. The van der Waals surface area contributed by atoms with Crippen molar-refractivity contribution in [1.82, 2.24) is 19.9 Å². The quantitative estimate of drug-likeness (QED) is 0.488. The molecule has 164 valence electrons. The maximum absolute atomic E-state index is 13.0. The highest BCUT2D eigenvalue weighted by molar-refractivity contribution is 6.05. The SMILES string of the molecule is COc1cc(NC(=O)c2cn(-c3cc(-c4noc(C)n4)ccc3C)nc2C)cc(OC)c1. The summed E-state index contributed by atoms with van der Waals surface area (Å²) in [6.07, 6.45) is 1.70. The van der Waals surface area contributed by atoms with Crippen molar-refractivity contribution in [2.24, 2.45) is 0 Å². The first kappa shape index (κ1) is 21.1. The molecule has 0 saturated carbocycles. The zero-order valence-corrected chi connectivity index (χ0v) is 18.5. The van der Waals surface area contributed by atoms with E-state index in [1.807, 2.05) is 25.1 Å². The monoisotopic (exact) mass is 433 g/mol. The number of ether oxygens (including phenoxy) is 2. The molecule has 32 heavy (non-hydrogen) atoms. The number of rotatable bonds is 6. The van der Waals surface area contributed by atoms with E-state index in [1.165, 1.54) is 0 Å². The predicted octanol–water partition coefficient (Wildman–Crippen LogP) is 4.12. The molecule has 0 unspecified atom stereocenters. The van der Waals surface area contributed by atoms with E-state index >= 15 is 0 Å². The minimum absolute atomic E-state index is 0.286. The van der Waals surface area contributed by atoms with Crippen molar-refractivity contribution < 1.29 is 18.8 Å². The number of carbonyl (C=O) groups is 1. The van der Waals surface area contributed by atoms with Gasteiger partial charge in [0.1, 0.15) is 11.5 Å². The summed E-state index contributed by atoms with van der Waals surface area (Å²) in [7, 11) is 3.11. The van der Waals surface area contributed by atoms with Gasteiger partial charge >= 0.3 is 0 Å². The van der Waals surface area contributed by atoms with Crippen LogP contribution in [0.4, 0.5) is 5.69 Å². The van der Waals surface area contributed by atoms with Crippen molar-refractivity contribution in [3.8, 4) is 28.6 Å². The topological polar surface area (TPSA) is 104 Å². The summed E-state index contributed by atoms with van der Waals surface area (Å²) in [5.74, 6) is 1.86. The van der Waals surface area contributed by atoms with Crippen molar-refractivity contribution in [2.45, 2.75) is 20.8 Å². The van der Waals surface area contributed by atoms with E-state index in [4.69, 9.17) is 14.0 Å². The Labute approximate surface area is 185 Å². The van der Waals surface area contributed by atoms with E-state index < -0.39 is 0 Å². The van der Waals surface area contributed by atoms with Crippen LogP contribution in [0.15, 0.2) is 47.1 Å². The van der Waals surface area contributed by atoms with E-state index in [0.717, 1.165) is 16.8 Å². The van der Waals surface area contributed by atoms with Gasteiger partial charge in [-0.2, -0.15) is 10.1 Å². The molecular weight excluding hydrogens is 410 g/mol. The van der Waals surface area contributed by atoms with Gasteiger partial charge in [-0.1, -0.05) is 17.3 Å². The summed E-state index contributed by atoms with van der Waals surface area (Å²) in [5.41, 5.74) is 4.20. The van der Waals surface area contributed by atoms with Gasteiger partial charge in [-0.15, -0.1) is 0 Å². The third-order valence-electron chi connectivity index (χ3n) is 4.99. The zero-order chi connectivity index (χ0) is 22.8. The Morgan fingerprint density at radius 2 is 1.75 bits per heavy atom. The molecule has 2 heterocycles. The second-order valence-corrected chi connectivity index (χ2v) is 7.27. The second kappa shape index (κ2) is 8.54. The zero-order valence-electron chi connectivity index (χ0n) is 18.5. The summed E-state index contributed by atoms with van der Waals surface area (Å²) in [6.45, 7) is 5.50. The fourth-order valence-corrected chi connectivity index (χ4v) is 3.30. The molecule has 2 aromatic carbocycles. The van der Waals surface area contributed by atoms with Crippen LogP contribution in [-0.2, 0) is 0 Å². The van der Waals surface area contributed by atoms with Gasteiger partial charge in [0.15, 0.2) is 0 Å². The molecule has 9 heteroatoms. The minimum atomic E-state index is -0.286. The van der Waals surface area contributed by atoms with Crippen LogP contribution >= 0.6 is 0 Å². The van der Waals surface area contributed by atoms with Crippen molar-refractivity contribution in [3.63, 3.8) is 0 Å². The third kappa shape index (κ3) is 4.18. The molecule has 0 aliphatic heterocycles. The lowest BCUT2D eigenvalue weighted by molar-refractivity contribution is 0.102. The van der Waals surface area contributed by atoms with Crippen LogP contribution in [-0.4, -0.2) is 40.0 Å². The maximum atomic E-state index is 13.0. The van der Waals surface area contributed by atoms with Crippen molar-refractivity contribution >= 4 is 11.6 Å². The number of hydrogen-bond acceptors (Lipinski definition) is 7. The normalized spacial score (nSPS) is 10.8. The second-order valence-electron chi connectivity index (χ2n) is 7.27. The number of methoxy groups -OCH3 is 2. The average molecular weight is 433 g/mol. The van der Waals surface area contributed by atoms with Crippen LogP contribution in [0.1, 0.15) is 27.5 Å².